The number of benzene rings is 1. The number of amides is 1. The maximum absolute atomic E-state index is 12.1. The van der Waals surface area contributed by atoms with Crippen molar-refractivity contribution in [2.45, 2.75) is 20.0 Å². The molecule has 0 saturated heterocycles. The zero-order valence-electron chi connectivity index (χ0n) is 12.0. The number of anilines is 2. The summed E-state index contributed by atoms with van der Waals surface area (Å²) < 4.78 is 0. The van der Waals surface area contributed by atoms with Gasteiger partial charge >= 0.3 is 0 Å². The highest BCUT2D eigenvalue weighted by Gasteiger charge is 2.15. The second-order valence-electron chi connectivity index (χ2n) is 5.19. The van der Waals surface area contributed by atoms with Crippen molar-refractivity contribution < 1.29 is 9.90 Å². The standard InChI is InChI=1S/C14H23N3O2/c1-9(2)13(18)8-16-14(19)11-7-10(15)5-6-12(11)17(3)4/h5-7,9,13,18H,8,15H2,1-4H3,(H,16,19). The number of hydrogen-bond acceptors (Lipinski definition) is 4. The van der Waals surface area contributed by atoms with E-state index in [0.717, 1.165) is 5.69 Å². The van der Waals surface area contributed by atoms with Gasteiger partial charge in [0.15, 0.2) is 0 Å². The van der Waals surface area contributed by atoms with Gasteiger partial charge in [-0.15, -0.1) is 0 Å². The summed E-state index contributed by atoms with van der Waals surface area (Å²) in [6.45, 7) is 4.04. The zero-order chi connectivity index (χ0) is 14.6. The fourth-order valence-electron chi connectivity index (χ4n) is 1.65. The van der Waals surface area contributed by atoms with E-state index in [0.29, 0.717) is 11.3 Å². The Balaban J connectivity index is 2.84. The molecule has 0 heterocycles. The van der Waals surface area contributed by atoms with Crippen LogP contribution in [0.3, 0.4) is 0 Å². The molecule has 1 aromatic rings. The van der Waals surface area contributed by atoms with E-state index in [1.54, 1.807) is 12.1 Å². The van der Waals surface area contributed by atoms with Crippen LogP contribution in [-0.4, -0.2) is 37.8 Å². The third kappa shape index (κ3) is 4.13. The van der Waals surface area contributed by atoms with Crippen LogP contribution in [0, 0.1) is 5.92 Å². The van der Waals surface area contributed by atoms with Gasteiger partial charge in [-0.05, 0) is 24.1 Å². The lowest BCUT2D eigenvalue weighted by Gasteiger charge is -2.19. The van der Waals surface area contributed by atoms with Crippen molar-refractivity contribution in [2.24, 2.45) is 5.92 Å². The Morgan fingerprint density at radius 1 is 1.42 bits per heavy atom. The highest BCUT2D eigenvalue weighted by atomic mass is 16.3. The molecule has 0 spiro atoms. The Hall–Kier alpha value is -1.75. The summed E-state index contributed by atoms with van der Waals surface area (Å²) in [4.78, 5) is 14.0. The average molecular weight is 265 g/mol. The molecule has 19 heavy (non-hydrogen) atoms. The minimum Gasteiger partial charge on any atom is -0.399 e. The number of carbonyl (C=O) groups excluding carboxylic acids is 1. The number of rotatable bonds is 5. The fourth-order valence-corrected chi connectivity index (χ4v) is 1.65. The second-order valence-corrected chi connectivity index (χ2v) is 5.19. The van der Waals surface area contributed by atoms with E-state index < -0.39 is 6.10 Å². The Labute approximate surface area is 114 Å². The summed E-state index contributed by atoms with van der Waals surface area (Å²) in [6.07, 6.45) is -0.548. The van der Waals surface area contributed by atoms with E-state index in [1.807, 2.05) is 38.9 Å². The van der Waals surface area contributed by atoms with Crippen molar-refractivity contribution in [1.29, 1.82) is 0 Å². The van der Waals surface area contributed by atoms with Crippen molar-refractivity contribution in [2.75, 3.05) is 31.3 Å². The summed E-state index contributed by atoms with van der Waals surface area (Å²) in [5, 5.41) is 12.4. The molecule has 5 heteroatoms. The van der Waals surface area contributed by atoms with Crippen LogP contribution in [0.1, 0.15) is 24.2 Å². The van der Waals surface area contributed by atoms with Crippen LogP contribution >= 0.6 is 0 Å². The normalized spacial score (nSPS) is 12.3. The molecule has 4 N–H and O–H groups in total. The summed E-state index contributed by atoms with van der Waals surface area (Å²) >= 11 is 0. The molecule has 0 aromatic heterocycles. The smallest absolute Gasteiger partial charge is 0.253 e. The van der Waals surface area contributed by atoms with Gasteiger partial charge in [0.05, 0.1) is 11.7 Å². The molecule has 5 nitrogen and oxygen atoms in total. The Kier molecular flexibility index (Phi) is 5.18. The third-order valence-electron chi connectivity index (χ3n) is 2.99. The highest BCUT2D eigenvalue weighted by molar-refractivity contribution is 6.00. The molecule has 106 valence electrons. The maximum Gasteiger partial charge on any atom is 0.253 e. The van der Waals surface area contributed by atoms with Gasteiger partial charge in [-0.1, -0.05) is 13.8 Å². The van der Waals surface area contributed by atoms with Gasteiger partial charge in [0.25, 0.3) is 5.91 Å². The number of nitrogen functional groups attached to an aromatic ring is 1. The lowest BCUT2D eigenvalue weighted by atomic mass is 10.1. The predicted octanol–water partition coefficient (Wildman–Crippen LogP) is 1.08. The quantitative estimate of drug-likeness (QED) is 0.696. The molecule has 0 bridgehead atoms. The van der Waals surface area contributed by atoms with Crippen molar-refractivity contribution in [3.63, 3.8) is 0 Å². The van der Waals surface area contributed by atoms with E-state index in [-0.39, 0.29) is 18.4 Å². The molecule has 1 unspecified atom stereocenters. The number of nitrogens with two attached hydrogens (primary N) is 1. The number of hydrogen-bond donors (Lipinski definition) is 3. The van der Waals surface area contributed by atoms with Gasteiger partial charge in [-0.2, -0.15) is 0 Å². The molecule has 0 aliphatic heterocycles. The minimum absolute atomic E-state index is 0.106. The van der Waals surface area contributed by atoms with Gasteiger partial charge < -0.3 is 21.1 Å². The van der Waals surface area contributed by atoms with Crippen LogP contribution in [0.5, 0.6) is 0 Å². The summed E-state index contributed by atoms with van der Waals surface area (Å²) in [6, 6.07) is 5.21. The Bertz CT molecular complexity index is 444. The van der Waals surface area contributed by atoms with Crippen LogP contribution in [-0.2, 0) is 0 Å². The number of nitrogens with zero attached hydrogens (tertiary/aromatic N) is 1. The maximum atomic E-state index is 12.1. The first-order valence-corrected chi connectivity index (χ1v) is 6.36. The molecular formula is C14H23N3O2. The SMILES string of the molecule is CC(C)C(O)CNC(=O)c1cc(N)ccc1N(C)C. The summed E-state index contributed by atoms with van der Waals surface area (Å²) in [7, 11) is 3.73. The number of nitrogens with one attached hydrogen (secondary N) is 1. The number of carbonyl (C=O) groups is 1. The molecule has 1 amide bonds. The fraction of sp³-hybridized carbons (Fsp3) is 0.500. The van der Waals surface area contributed by atoms with Crippen LogP contribution in [0.4, 0.5) is 11.4 Å². The van der Waals surface area contributed by atoms with Gasteiger partial charge in [0.2, 0.25) is 0 Å². The molecule has 0 saturated carbocycles. The minimum atomic E-state index is -0.548. The second kappa shape index (κ2) is 6.43. The Morgan fingerprint density at radius 3 is 2.58 bits per heavy atom. The van der Waals surface area contributed by atoms with Crippen molar-refractivity contribution in [3.8, 4) is 0 Å². The first-order valence-electron chi connectivity index (χ1n) is 6.36. The number of aliphatic hydroxyl groups excluding tert-OH is 1. The molecule has 0 aliphatic carbocycles. The molecule has 1 rings (SSSR count). The topological polar surface area (TPSA) is 78.6 Å². The molecular weight excluding hydrogens is 242 g/mol. The zero-order valence-corrected chi connectivity index (χ0v) is 12.0. The van der Waals surface area contributed by atoms with E-state index in [4.69, 9.17) is 5.73 Å². The van der Waals surface area contributed by atoms with Crippen LogP contribution in [0.2, 0.25) is 0 Å². The molecule has 1 atom stereocenters. The van der Waals surface area contributed by atoms with Crippen LogP contribution in [0.15, 0.2) is 18.2 Å². The van der Waals surface area contributed by atoms with Gasteiger partial charge in [-0.3, -0.25) is 4.79 Å². The van der Waals surface area contributed by atoms with Crippen molar-refractivity contribution >= 4 is 17.3 Å². The summed E-state index contributed by atoms with van der Waals surface area (Å²) in [5.41, 5.74) is 7.58. The average Bonchev–Trinajstić information content (AvgIpc) is 2.34. The van der Waals surface area contributed by atoms with Crippen LogP contribution < -0.4 is 16.0 Å². The van der Waals surface area contributed by atoms with E-state index in [2.05, 4.69) is 5.32 Å². The highest BCUT2D eigenvalue weighted by Crippen LogP contribution is 2.21. The van der Waals surface area contributed by atoms with E-state index in [1.165, 1.54) is 0 Å². The lowest BCUT2D eigenvalue weighted by molar-refractivity contribution is 0.0872. The first kappa shape index (κ1) is 15.3. The lowest BCUT2D eigenvalue weighted by Crippen LogP contribution is -2.35. The van der Waals surface area contributed by atoms with Gasteiger partial charge in [-0.25, -0.2) is 0 Å². The molecule has 0 radical (unpaired) electrons. The molecule has 1 aromatic carbocycles. The molecule has 0 fully saturated rings. The van der Waals surface area contributed by atoms with Crippen LogP contribution in [0.25, 0.3) is 0 Å². The summed E-state index contributed by atoms with van der Waals surface area (Å²) in [5.74, 6) is -0.120. The Morgan fingerprint density at radius 2 is 2.05 bits per heavy atom. The van der Waals surface area contributed by atoms with E-state index >= 15 is 0 Å². The monoisotopic (exact) mass is 265 g/mol. The molecule has 0 aliphatic rings. The largest absolute Gasteiger partial charge is 0.399 e. The van der Waals surface area contributed by atoms with Gasteiger partial charge in [0.1, 0.15) is 0 Å². The van der Waals surface area contributed by atoms with Crippen molar-refractivity contribution in [1.82, 2.24) is 5.32 Å². The predicted molar refractivity (Wildman–Crippen MR) is 78.4 cm³/mol. The first-order chi connectivity index (χ1) is 8.82. The van der Waals surface area contributed by atoms with Gasteiger partial charge in [0, 0.05) is 32.0 Å². The number of aliphatic hydroxyl groups is 1. The van der Waals surface area contributed by atoms with Crippen molar-refractivity contribution in [3.05, 3.63) is 23.8 Å². The van der Waals surface area contributed by atoms with E-state index in [9.17, 15) is 9.90 Å². The third-order valence-corrected chi connectivity index (χ3v) is 2.99.